The van der Waals surface area contributed by atoms with Crippen molar-refractivity contribution in [2.24, 2.45) is 0 Å². The average Bonchev–Trinajstić information content (AvgIpc) is 2.26. The van der Waals surface area contributed by atoms with Gasteiger partial charge in [-0.05, 0) is 35.9 Å². The molecule has 0 saturated heterocycles. The minimum Gasteiger partial charge on any atom is -0.166 e. The summed E-state index contributed by atoms with van der Waals surface area (Å²) in [7, 11) is 0. The fourth-order valence-electron chi connectivity index (χ4n) is 1.63. The van der Waals surface area contributed by atoms with Gasteiger partial charge in [0.2, 0.25) is 0 Å². The average molecular weight is 326 g/mol. The number of alkyl halides is 3. The Kier molecular flexibility index (Phi) is 4.00. The van der Waals surface area contributed by atoms with Crippen LogP contribution in [0.3, 0.4) is 0 Å². The Hall–Kier alpha value is -0.900. The molecular weight excluding hydrogens is 319 g/mol. The molecule has 2 rings (SSSR count). The molecule has 0 atom stereocenters. The minimum absolute atomic E-state index is 0.00385. The van der Waals surface area contributed by atoms with Gasteiger partial charge in [-0.25, -0.2) is 0 Å². The molecule has 0 heterocycles. The molecule has 0 unspecified atom stereocenters. The summed E-state index contributed by atoms with van der Waals surface area (Å²) in [4.78, 5) is 0. The zero-order chi connectivity index (χ0) is 14.2. The first kappa shape index (κ1) is 14.5. The molecule has 19 heavy (non-hydrogen) atoms. The Morgan fingerprint density at radius 1 is 0.789 bits per heavy atom. The predicted molar refractivity (Wildman–Crippen MR) is 71.9 cm³/mol. The zero-order valence-electron chi connectivity index (χ0n) is 9.23. The molecule has 0 spiro atoms. The summed E-state index contributed by atoms with van der Waals surface area (Å²) in [5.74, 6) is 0. The van der Waals surface area contributed by atoms with Gasteiger partial charge in [0.05, 0.1) is 5.56 Å². The lowest BCUT2D eigenvalue weighted by Crippen LogP contribution is -2.04. The van der Waals surface area contributed by atoms with Crippen LogP contribution in [0.1, 0.15) is 5.56 Å². The standard InChI is InChI=1S/C13H6Cl3F3/c14-9-1-2-11(12(16)6-9)7-3-8(13(17,18)19)5-10(15)4-7/h1-6H. The first-order valence-electron chi connectivity index (χ1n) is 5.10. The molecule has 0 amide bonds. The Balaban J connectivity index is 2.59. The summed E-state index contributed by atoms with van der Waals surface area (Å²) in [6.45, 7) is 0. The van der Waals surface area contributed by atoms with Crippen molar-refractivity contribution in [3.63, 3.8) is 0 Å². The van der Waals surface area contributed by atoms with Crippen LogP contribution in [0.2, 0.25) is 15.1 Å². The molecule has 6 heteroatoms. The van der Waals surface area contributed by atoms with E-state index in [-0.39, 0.29) is 10.0 Å². The second-order valence-electron chi connectivity index (χ2n) is 3.85. The van der Waals surface area contributed by atoms with Gasteiger partial charge < -0.3 is 0 Å². The third-order valence-corrected chi connectivity index (χ3v) is 3.23. The molecule has 0 fully saturated rings. The lowest BCUT2D eigenvalue weighted by molar-refractivity contribution is -0.137. The van der Waals surface area contributed by atoms with E-state index >= 15 is 0 Å². The smallest absolute Gasteiger partial charge is 0.166 e. The van der Waals surface area contributed by atoms with Crippen molar-refractivity contribution in [1.82, 2.24) is 0 Å². The maximum Gasteiger partial charge on any atom is 0.416 e. The highest BCUT2D eigenvalue weighted by molar-refractivity contribution is 6.36. The Morgan fingerprint density at radius 2 is 1.47 bits per heavy atom. The summed E-state index contributed by atoms with van der Waals surface area (Å²) in [5.41, 5.74) is -0.0819. The molecule has 0 N–H and O–H groups in total. The van der Waals surface area contributed by atoms with E-state index in [2.05, 4.69) is 0 Å². The molecule has 0 bridgehead atoms. The van der Waals surface area contributed by atoms with Crippen molar-refractivity contribution in [3.05, 3.63) is 57.0 Å². The van der Waals surface area contributed by atoms with E-state index in [1.165, 1.54) is 12.1 Å². The molecule has 0 aliphatic heterocycles. The third kappa shape index (κ3) is 3.35. The van der Waals surface area contributed by atoms with Crippen LogP contribution >= 0.6 is 34.8 Å². The van der Waals surface area contributed by atoms with E-state index in [1.807, 2.05) is 0 Å². The Labute approximate surface area is 122 Å². The van der Waals surface area contributed by atoms with Gasteiger partial charge in [0.15, 0.2) is 0 Å². The second kappa shape index (κ2) is 5.23. The SMILES string of the molecule is FC(F)(F)c1cc(Cl)cc(-c2ccc(Cl)cc2Cl)c1. The van der Waals surface area contributed by atoms with Crippen LogP contribution in [0, 0.1) is 0 Å². The number of rotatable bonds is 1. The normalized spacial score (nSPS) is 11.7. The van der Waals surface area contributed by atoms with Gasteiger partial charge >= 0.3 is 6.18 Å². The highest BCUT2D eigenvalue weighted by Gasteiger charge is 2.31. The fourth-order valence-corrected chi connectivity index (χ4v) is 2.39. The molecular formula is C13H6Cl3F3. The van der Waals surface area contributed by atoms with Crippen LogP contribution in [-0.4, -0.2) is 0 Å². The summed E-state index contributed by atoms with van der Waals surface area (Å²) in [5, 5.41) is 0.672. The molecule has 0 aliphatic rings. The third-order valence-electron chi connectivity index (χ3n) is 2.47. The summed E-state index contributed by atoms with van der Waals surface area (Å²) in [6.07, 6.45) is -4.46. The van der Waals surface area contributed by atoms with Crippen LogP contribution in [0.4, 0.5) is 13.2 Å². The van der Waals surface area contributed by atoms with E-state index in [0.29, 0.717) is 16.1 Å². The lowest BCUT2D eigenvalue weighted by atomic mass is 10.0. The fraction of sp³-hybridized carbons (Fsp3) is 0.0769. The molecule has 0 aromatic heterocycles. The van der Waals surface area contributed by atoms with Crippen molar-refractivity contribution in [2.75, 3.05) is 0 Å². The second-order valence-corrected chi connectivity index (χ2v) is 5.13. The zero-order valence-corrected chi connectivity index (χ0v) is 11.5. The van der Waals surface area contributed by atoms with Crippen molar-refractivity contribution < 1.29 is 13.2 Å². The molecule has 0 saturated carbocycles. The number of hydrogen-bond acceptors (Lipinski definition) is 0. The van der Waals surface area contributed by atoms with E-state index in [0.717, 1.165) is 12.1 Å². The highest BCUT2D eigenvalue weighted by atomic mass is 35.5. The maximum atomic E-state index is 12.7. The first-order chi connectivity index (χ1) is 8.77. The van der Waals surface area contributed by atoms with Crippen molar-refractivity contribution in [1.29, 1.82) is 0 Å². The summed E-state index contributed by atoms with van der Waals surface area (Å²) in [6, 6.07) is 7.86. The van der Waals surface area contributed by atoms with Crippen LogP contribution in [0.25, 0.3) is 11.1 Å². The Bertz CT molecular complexity index is 621. The molecule has 2 aromatic carbocycles. The van der Waals surface area contributed by atoms with Gasteiger partial charge in [0, 0.05) is 20.6 Å². The van der Waals surface area contributed by atoms with E-state index < -0.39 is 11.7 Å². The molecule has 2 aromatic rings. The number of hydrogen-bond donors (Lipinski definition) is 0. The monoisotopic (exact) mass is 324 g/mol. The lowest BCUT2D eigenvalue weighted by Gasteiger charge is -2.11. The minimum atomic E-state index is -4.46. The van der Waals surface area contributed by atoms with Gasteiger partial charge in [-0.2, -0.15) is 13.2 Å². The van der Waals surface area contributed by atoms with Crippen LogP contribution in [0.5, 0.6) is 0 Å². The van der Waals surface area contributed by atoms with E-state index in [1.54, 1.807) is 12.1 Å². The molecule has 0 nitrogen and oxygen atoms in total. The molecule has 0 radical (unpaired) electrons. The first-order valence-corrected chi connectivity index (χ1v) is 6.24. The summed E-state index contributed by atoms with van der Waals surface area (Å²) >= 11 is 17.4. The van der Waals surface area contributed by atoms with Crippen molar-refractivity contribution >= 4 is 34.8 Å². The van der Waals surface area contributed by atoms with E-state index in [4.69, 9.17) is 34.8 Å². The summed E-state index contributed by atoms with van der Waals surface area (Å²) < 4.78 is 38.1. The van der Waals surface area contributed by atoms with Crippen LogP contribution in [-0.2, 0) is 6.18 Å². The van der Waals surface area contributed by atoms with Gasteiger partial charge in [-0.3, -0.25) is 0 Å². The van der Waals surface area contributed by atoms with Crippen LogP contribution < -0.4 is 0 Å². The topological polar surface area (TPSA) is 0 Å². The largest absolute Gasteiger partial charge is 0.416 e. The van der Waals surface area contributed by atoms with E-state index in [9.17, 15) is 13.2 Å². The molecule has 100 valence electrons. The quantitative estimate of drug-likeness (QED) is 0.574. The van der Waals surface area contributed by atoms with Crippen LogP contribution in [0.15, 0.2) is 36.4 Å². The predicted octanol–water partition coefficient (Wildman–Crippen LogP) is 6.33. The van der Waals surface area contributed by atoms with Crippen molar-refractivity contribution in [2.45, 2.75) is 6.18 Å². The van der Waals surface area contributed by atoms with Gasteiger partial charge in [0.25, 0.3) is 0 Å². The highest BCUT2D eigenvalue weighted by Crippen LogP contribution is 2.37. The number of halogens is 6. The molecule has 0 aliphatic carbocycles. The number of benzene rings is 2. The Morgan fingerprint density at radius 3 is 2.05 bits per heavy atom. The van der Waals surface area contributed by atoms with Gasteiger partial charge in [0.1, 0.15) is 0 Å². The van der Waals surface area contributed by atoms with Crippen molar-refractivity contribution in [3.8, 4) is 11.1 Å². The maximum absolute atomic E-state index is 12.7. The van der Waals surface area contributed by atoms with Gasteiger partial charge in [-0.15, -0.1) is 0 Å². The van der Waals surface area contributed by atoms with Gasteiger partial charge in [-0.1, -0.05) is 40.9 Å².